The highest BCUT2D eigenvalue weighted by Gasteiger charge is 2.40. The molecule has 2 aromatic carbocycles. The summed E-state index contributed by atoms with van der Waals surface area (Å²) < 4.78 is 33.6. The largest absolute Gasteiger partial charge is 0.438 e. The summed E-state index contributed by atoms with van der Waals surface area (Å²) in [7, 11) is 0. The number of aromatic nitrogens is 2. The second-order valence-electron chi connectivity index (χ2n) is 9.02. The van der Waals surface area contributed by atoms with Gasteiger partial charge in [0.2, 0.25) is 11.8 Å². The normalized spacial score (nSPS) is 20.6. The van der Waals surface area contributed by atoms with Gasteiger partial charge < -0.3 is 10.2 Å². The van der Waals surface area contributed by atoms with Crippen molar-refractivity contribution in [1.29, 1.82) is 0 Å². The Morgan fingerprint density at radius 2 is 1.94 bits per heavy atom. The molecular formula is C25H24F2N4O4. The fraction of sp³-hybridized carbons (Fsp3) is 0.360. The zero-order valence-electron chi connectivity index (χ0n) is 18.7. The Labute approximate surface area is 199 Å². The van der Waals surface area contributed by atoms with Crippen LogP contribution in [-0.2, 0) is 16.0 Å². The second kappa shape index (κ2) is 9.44. The van der Waals surface area contributed by atoms with Crippen molar-refractivity contribution in [3.05, 3.63) is 87.4 Å². The van der Waals surface area contributed by atoms with Gasteiger partial charge in [0.15, 0.2) is 5.82 Å². The van der Waals surface area contributed by atoms with E-state index in [4.69, 9.17) is 0 Å². The molecule has 0 spiro atoms. The Bertz CT molecular complexity index is 1290. The molecule has 3 unspecified atom stereocenters. The summed E-state index contributed by atoms with van der Waals surface area (Å²) in [6.07, 6.45) is 0.0545. The molecule has 3 atom stereocenters. The summed E-state index contributed by atoms with van der Waals surface area (Å²) in [4.78, 5) is 40.7. The lowest BCUT2D eigenvalue weighted by Crippen LogP contribution is -2.47. The number of benzene rings is 2. The third-order valence-corrected chi connectivity index (χ3v) is 6.47. The quantitative estimate of drug-likeness (QED) is 0.539. The van der Waals surface area contributed by atoms with Crippen molar-refractivity contribution in [1.82, 2.24) is 20.4 Å². The first-order chi connectivity index (χ1) is 16.9. The lowest BCUT2D eigenvalue weighted by atomic mass is 9.96. The molecule has 182 valence electrons. The fourth-order valence-corrected chi connectivity index (χ4v) is 4.58. The summed E-state index contributed by atoms with van der Waals surface area (Å²) in [6, 6.07) is 12.3. The van der Waals surface area contributed by atoms with Crippen LogP contribution in [0.5, 0.6) is 0 Å². The Kier molecular flexibility index (Phi) is 6.19. The molecule has 2 fully saturated rings. The van der Waals surface area contributed by atoms with Gasteiger partial charge in [0.25, 0.3) is 0 Å². The van der Waals surface area contributed by atoms with Gasteiger partial charge in [-0.2, -0.15) is 0 Å². The molecule has 1 aliphatic heterocycles. The molecule has 10 heteroatoms. The van der Waals surface area contributed by atoms with Crippen LogP contribution in [-0.4, -0.2) is 45.6 Å². The van der Waals surface area contributed by atoms with Crippen LogP contribution in [0.2, 0.25) is 0 Å². The van der Waals surface area contributed by atoms with Gasteiger partial charge in [-0.05, 0) is 41.5 Å². The molecule has 2 N–H and O–H groups in total. The van der Waals surface area contributed by atoms with Gasteiger partial charge in [0.05, 0.1) is 19.0 Å². The number of amides is 2. The predicted molar refractivity (Wildman–Crippen MR) is 121 cm³/mol. The van der Waals surface area contributed by atoms with Gasteiger partial charge in [0, 0.05) is 6.42 Å². The molecule has 0 radical (unpaired) electrons. The molecule has 35 heavy (non-hydrogen) atoms. The van der Waals surface area contributed by atoms with Crippen molar-refractivity contribution in [2.45, 2.75) is 49.9 Å². The van der Waals surface area contributed by atoms with E-state index >= 15 is 0 Å². The summed E-state index contributed by atoms with van der Waals surface area (Å²) in [6.45, 7) is -0.250. The standard InChI is InChI=1S/C25H24F2N4O4/c26-17-11-20(31(13-17)22(32)12-21-28-25(34)35-30-21)24(33)29-23(15-4-2-1-3-5-15)16-8-9-18(14-6-7-14)19(27)10-16/h1-5,8-10,14,17,20,23H,6-7,11-13H2,(H,29,33)(H,28,30,34). The van der Waals surface area contributed by atoms with E-state index in [-0.39, 0.29) is 36.9 Å². The minimum atomic E-state index is -1.38. The first-order valence-corrected chi connectivity index (χ1v) is 11.5. The van der Waals surface area contributed by atoms with Crippen LogP contribution in [0.15, 0.2) is 57.8 Å². The second-order valence-corrected chi connectivity index (χ2v) is 9.02. The van der Waals surface area contributed by atoms with Gasteiger partial charge in [-0.3, -0.25) is 19.1 Å². The fourth-order valence-electron chi connectivity index (χ4n) is 4.58. The number of carbonyl (C=O) groups excluding carboxylic acids is 2. The highest BCUT2D eigenvalue weighted by Crippen LogP contribution is 2.42. The van der Waals surface area contributed by atoms with Crippen LogP contribution >= 0.6 is 0 Å². The van der Waals surface area contributed by atoms with E-state index < -0.39 is 35.8 Å². The topological polar surface area (TPSA) is 108 Å². The molecule has 2 amide bonds. The molecule has 1 aliphatic carbocycles. The highest BCUT2D eigenvalue weighted by atomic mass is 19.1. The molecule has 0 bridgehead atoms. The number of halogens is 2. The zero-order chi connectivity index (χ0) is 24.5. The molecule has 1 saturated carbocycles. The number of hydrogen-bond donors (Lipinski definition) is 2. The summed E-state index contributed by atoms with van der Waals surface area (Å²) in [5.74, 6) is -2.00. The lowest BCUT2D eigenvalue weighted by molar-refractivity contribution is -0.138. The zero-order valence-corrected chi connectivity index (χ0v) is 18.7. The Morgan fingerprint density at radius 1 is 1.17 bits per heavy atom. The number of alkyl halides is 1. The molecule has 8 nitrogen and oxygen atoms in total. The summed E-state index contributed by atoms with van der Waals surface area (Å²) in [5.41, 5.74) is 1.96. The number of carbonyl (C=O) groups is 2. The average molecular weight is 482 g/mol. The smallest absolute Gasteiger partial charge is 0.343 e. The van der Waals surface area contributed by atoms with Gasteiger partial charge in [-0.25, -0.2) is 13.6 Å². The maximum absolute atomic E-state index is 14.8. The predicted octanol–water partition coefficient (Wildman–Crippen LogP) is 2.77. The molecule has 2 heterocycles. The van der Waals surface area contributed by atoms with E-state index in [1.807, 2.05) is 30.3 Å². The molecule has 2 aliphatic rings. The van der Waals surface area contributed by atoms with Crippen molar-refractivity contribution in [2.75, 3.05) is 6.54 Å². The third-order valence-electron chi connectivity index (χ3n) is 6.47. The molecule has 5 rings (SSSR count). The van der Waals surface area contributed by atoms with E-state index in [1.165, 1.54) is 6.07 Å². The number of likely N-dealkylation sites (tertiary alicyclic amines) is 1. The minimum absolute atomic E-state index is 0.00476. The van der Waals surface area contributed by atoms with Crippen molar-refractivity contribution in [3.8, 4) is 0 Å². The van der Waals surface area contributed by atoms with Gasteiger partial charge in [-0.15, -0.1) is 0 Å². The van der Waals surface area contributed by atoms with Crippen LogP contribution in [0.1, 0.15) is 53.7 Å². The van der Waals surface area contributed by atoms with Crippen LogP contribution < -0.4 is 11.1 Å². The number of nitrogens with one attached hydrogen (secondary N) is 2. The summed E-state index contributed by atoms with van der Waals surface area (Å²) in [5, 5.41) is 6.35. The number of rotatable bonds is 7. The molecular weight excluding hydrogens is 458 g/mol. The molecule has 1 aromatic heterocycles. The number of hydrogen-bond acceptors (Lipinski definition) is 5. The lowest BCUT2D eigenvalue weighted by Gasteiger charge is -2.27. The molecule has 3 aromatic rings. The van der Waals surface area contributed by atoms with E-state index in [2.05, 4.69) is 20.0 Å². The monoisotopic (exact) mass is 482 g/mol. The van der Waals surface area contributed by atoms with Crippen molar-refractivity contribution < 1.29 is 22.9 Å². The third kappa shape index (κ3) is 5.01. The van der Waals surface area contributed by atoms with Gasteiger partial charge in [-0.1, -0.05) is 47.6 Å². The van der Waals surface area contributed by atoms with Crippen LogP contribution in [0.25, 0.3) is 0 Å². The van der Waals surface area contributed by atoms with Crippen molar-refractivity contribution >= 4 is 11.8 Å². The number of aromatic amines is 1. The Morgan fingerprint density at radius 3 is 2.60 bits per heavy atom. The average Bonchev–Trinajstić information content (AvgIpc) is 3.49. The SMILES string of the molecule is O=C(NC(c1ccccc1)c1ccc(C2CC2)c(F)c1)C1CC(F)CN1C(=O)Cc1noc(=O)[nH]1. The highest BCUT2D eigenvalue weighted by molar-refractivity contribution is 5.89. The Balaban J connectivity index is 1.38. The number of H-pyrrole nitrogens is 1. The van der Waals surface area contributed by atoms with E-state index in [0.717, 1.165) is 23.3 Å². The van der Waals surface area contributed by atoms with E-state index in [9.17, 15) is 23.2 Å². The maximum Gasteiger partial charge on any atom is 0.438 e. The Hall–Kier alpha value is -3.82. The first kappa shape index (κ1) is 22.9. The van der Waals surface area contributed by atoms with E-state index in [0.29, 0.717) is 11.1 Å². The van der Waals surface area contributed by atoms with Crippen LogP contribution in [0, 0.1) is 5.82 Å². The molecule has 1 saturated heterocycles. The van der Waals surface area contributed by atoms with Gasteiger partial charge in [0.1, 0.15) is 18.0 Å². The van der Waals surface area contributed by atoms with Crippen LogP contribution in [0.3, 0.4) is 0 Å². The van der Waals surface area contributed by atoms with Gasteiger partial charge >= 0.3 is 5.76 Å². The van der Waals surface area contributed by atoms with Crippen molar-refractivity contribution in [3.63, 3.8) is 0 Å². The van der Waals surface area contributed by atoms with E-state index in [1.54, 1.807) is 12.1 Å². The number of nitrogens with zero attached hydrogens (tertiary/aromatic N) is 2. The first-order valence-electron chi connectivity index (χ1n) is 11.5. The van der Waals surface area contributed by atoms with Crippen molar-refractivity contribution in [2.24, 2.45) is 0 Å². The maximum atomic E-state index is 14.8. The summed E-state index contributed by atoms with van der Waals surface area (Å²) >= 11 is 0. The minimum Gasteiger partial charge on any atom is -0.343 e. The van der Waals surface area contributed by atoms with Crippen LogP contribution in [0.4, 0.5) is 8.78 Å².